The lowest BCUT2D eigenvalue weighted by Crippen LogP contribution is -2.20. The van der Waals surface area contributed by atoms with E-state index in [2.05, 4.69) is 0 Å². The number of carbonyl (C=O) groups is 1. The van der Waals surface area contributed by atoms with E-state index < -0.39 is 29.7 Å². The molecule has 0 aliphatic carbocycles. The van der Waals surface area contributed by atoms with E-state index in [9.17, 15) is 19.8 Å². The number of fused-ring (bicyclic) bond motifs is 1. The lowest BCUT2D eigenvalue weighted by atomic mass is 9.89. The summed E-state index contributed by atoms with van der Waals surface area (Å²) in [5.41, 5.74) is 0.773. The topological polar surface area (TPSA) is 106 Å². The van der Waals surface area contributed by atoms with Crippen LogP contribution < -0.4 is 10.2 Å². The summed E-state index contributed by atoms with van der Waals surface area (Å²) < 4.78 is 16.3. The second kappa shape index (κ2) is 8.09. The summed E-state index contributed by atoms with van der Waals surface area (Å²) in [7, 11) is 0. The number of aliphatic hydroxyl groups is 1. The highest BCUT2D eigenvalue weighted by molar-refractivity contribution is 5.73. The molecule has 1 atom stereocenters. The maximum atomic E-state index is 12.1. The highest BCUT2D eigenvalue weighted by Gasteiger charge is 2.30. The van der Waals surface area contributed by atoms with E-state index in [1.54, 1.807) is 6.92 Å². The molecule has 1 aromatic carbocycles. The highest BCUT2D eigenvalue weighted by Crippen LogP contribution is 2.38. The van der Waals surface area contributed by atoms with Gasteiger partial charge in [0, 0.05) is 11.6 Å². The van der Waals surface area contributed by atoms with Crippen LogP contribution in [-0.2, 0) is 16.1 Å². The van der Waals surface area contributed by atoms with Crippen molar-refractivity contribution in [3.05, 3.63) is 63.2 Å². The van der Waals surface area contributed by atoms with Gasteiger partial charge < -0.3 is 24.1 Å². The SMILES string of the molecule is CCOC(=O)CC(C1=Cc2ccccc2OC1)c1oc(CO)cc(=O)c1O. The fourth-order valence-corrected chi connectivity index (χ4v) is 2.98. The van der Waals surface area contributed by atoms with Gasteiger partial charge in [0.25, 0.3) is 0 Å². The molecular weight excluding hydrogens is 352 g/mol. The Morgan fingerprint density at radius 2 is 2.11 bits per heavy atom. The van der Waals surface area contributed by atoms with Gasteiger partial charge in [0.15, 0.2) is 5.76 Å². The number of ether oxygens (including phenoxy) is 2. The van der Waals surface area contributed by atoms with Crippen molar-refractivity contribution in [2.75, 3.05) is 13.2 Å². The largest absolute Gasteiger partial charge is 0.502 e. The molecule has 0 amide bonds. The zero-order chi connectivity index (χ0) is 19.4. The molecular formula is C20H20O7. The second-order valence-electron chi connectivity index (χ2n) is 6.06. The summed E-state index contributed by atoms with van der Waals surface area (Å²) in [6, 6.07) is 8.40. The first kappa shape index (κ1) is 18.7. The molecule has 1 aliphatic rings. The molecule has 1 aliphatic heterocycles. The molecule has 0 radical (unpaired) electrons. The van der Waals surface area contributed by atoms with Gasteiger partial charge in [-0.15, -0.1) is 0 Å². The van der Waals surface area contributed by atoms with Crippen LogP contribution in [0.1, 0.15) is 36.3 Å². The quantitative estimate of drug-likeness (QED) is 0.750. The van der Waals surface area contributed by atoms with Crippen LogP contribution in [-0.4, -0.2) is 29.4 Å². The van der Waals surface area contributed by atoms with Gasteiger partial charge in [0.05, 0.1) is 18.9 Å². The van der Waals surface area contributed by atoms with Gasteiger partial charge in [0.1, 0.15) is 24.7 Å². The Bertz CT molecular complexity index is 926. The molecule has 2 heterocycles. The Morgan fingerprint density at radius 3 is 2.85 bits per heavy atom. The van der Waals surface area contributed by atoms with Crippen LogP contribution in [0.2, 0.25) is 0 Å². The number of aromatic hydroxyl groups is 1. The van der Waals surface area contributed by atoms with Crippen molar-refractivity contribution in [1.82, 2.24) is 0 Å². The van der Waals surface area contributed by atoms with Crippen LogP contribution in [0, 0.1) is 0 Å². The monoisotopic (exact) mass is 372 g/mol. The van der Waals surface area contributed by atoms with E-state index >= 15 is 0 Å². The van der Waals surface area contributed by atoms with E-state index in [0.717, 1.165) is 11.6 Å². The molecule has 2 aromatic rings. The molecule has 142 valence electrons. The summed E-state index contributed by atoms with van der Waals surface area (Å²) in [5, 5.41) is 19.6. The predicted molar refractivity (Wildman–Crippen MR) is 96.5 cm³/mol. The second-order valence-corrected chi connectivity index (χ2v) is 6.06. The van der Waals surface area contributed by atoms with Crippen LogP contribution in [0.25, 0.3) is 6.08 Å². The average molecular weight is 372 g/mol. The Kier molecular flexibility index (Phi) is 5.61. The number of aliphatic hydroxyl groups excluding tert-OH is 1. The Hall–Kier alpha value is -3.06. The minimum Gasteiger partial charge on any atom is -0.502 e. The number of rotatable bonds is 6. The first-order chi connectivity index (χ1) is 13.0. The van der Waals surface area contributed by atoms with Crippen molar-refractivity contribution >= 4 is 12.0 Å². The molecule has 0 bridgehead atoms. The van der Waals surface area contributed by atoms with Gasteiger partial charge >= 0.3 is 5.97 Å². The molecule has 0 fully saturated rings. The molecule has 7 heteroatoms. The van der Waals surface area contributed by atoms with Crippen LogP contribution in [0.15, 0.2) is 45.1 Å². The summed E-state index contributed by atoms with van der Waals surface area (Å²) in [6.45, 7) is 1.55. The number of carbonyl (C=O) groups excluding carboxylic acids is 1. The van der Waals surface area contributed by atoms with Crippen molar-refractivity contribution in [3.8, 4) is 11.5 Å². The van der Waals surface area contributed by atoms with Crippen molar-refractivity contribution in [2.24, 2.45) is 0 Å². The van der Waals surface area contributed by atoms with Gasteiger partial charge in [0.2, 0.25) is 11.2 Å². The maximum Gasteiger partial charge on any atom is 0.306 e. The smallest absolute Gasteiger partial charge is 0.306 e. The van der Waals surface area contributed by atoms with Gasteiger partial charge in [-0.1, -0.05) is 18.2 Å². The predicted octanol–water partition coefficient (Wildman–Crippen LogP) is 2.35. The number of hydrogen-bond acceptors (Lipinski definition) is 7. The Labute approximate surface area is 155 Å². The van der Waals surface area contributed by atoms with E-state index in [1.807, 2.05) is 30.3 Å². The third kappa shape index (κ3) is 4.03. The molecule has 1 aromatic heterocycles. The standard InChI is InChI=1S/C20H20O7/c1-2-25-18(23)9-15(20-19(24)16(22)8-14(10-21)27-20)13-7-12-5-3-4-6-17(12)26-11-13/h3-8,15,21,24H,2,9-11H2,1H3. The van der Waals surface area contributed by atoms with E-state index in [4.69, 9.17) is 13.9 Å². The van der Waals surface area contributed by atoms with Crippen molar-refractivity contribution < 1.29 is 28.9 Å². The zero-order valence-electron chi connectivity index (χ0n) is 14.8. The molecule has 0 saturated carbocycles. The van der Waals surface area contributed by atoms with E-state index in [-0.39, 0.29) is 31.2 Å². The molecule has 0 saturated heterocycles. The van der Waals surface area contributed by atoms with E-state index in [0.29, 0.717) is 11.3 Å². The third-order valence-corrected chi connectivity index (χ3v) is 4.25. The summed E-state index contributed by atoms with van der Waals surface area (Å²) in [6.07, 6.45) is 1.70. The number of benzene rings is 1. The first-order valence-electron chi connectivity index (χ1n) is 8.58. The lowest BCUT2D eigenvalue weighted by molar-refractivity contribution is -0.143. The third-order valence-electron chi connectivity index (χ3n) is 4.25. The minimum atomic E-state index is -0.767. The van der Waals surface area contributed by atoms with Crippen molar-refractivity contribution in [3.63, 3.8) is 0 Å². The van der Waals surface area contributed by atoms with Crippen molar-refractivity contribution in [1.29, 1.82) is 0 Å². The molecule has 3 rings (SSSR count). The highest BCUT2D eigenvalue weighted by atomic mass is 16.5. The lowest BCUT2D eigenvalue weighted by Gasteiger charge is -2.24. The molecule has 27 heavy (non-hydrogen) atoms. The van der Waals surface area contributed by atoms with Gasteiger partial charge in [-0.25, -0.2) is 0 Å². The van der Waals surface area contributed by atoms with Crippen LogP contribution >= 0.6 is 0 Å². The average Bonchev–Trinajstić information content (AvgIpc) is 2.68. The fourth-order valence-electron chi connectivity index (χ4n) is 2.98. The molecule has 2 N–H and O–H groups in total. The maximum absolute atomic E-state index is 12.1. The number of esters is 1. The van der Waals surface area contributed by atoms with Gasteiger partial charge in [-0.05, 0) is 24.6 Å². The van der Waals surface area contributed by atoms with Gasteiger partial charge in [-0.3, -0.25) is 9.59 Å². The van der Waals surface area contributed by atoms with E-state index in [1.165, 1.54) is 0 Å². The first-order valence-corrected chi connectivity index (χ1v) is 8.58. The normalized spacial score (nSPS) is 13.9. The zero-order valence-corrected chi connectivity index (χ0v) is 14.8. The fraction of sp³-hybridized carbons (Fsp3) is 0.300. The van der Waals surface area contributed by atoms with Gasteiger partial charge in [-0.2, -0.15) is 0 Å². The van der Waals surface area contributed by atoms with Crippen LogP contribution in [0.4, 0.5) is 0 Å². The molecule has 7 nitrogen and oxygen atoms in total. The Morgan fingerprint density at radius 1 is 1.33 bits per heavy atom. The van der Waals surface area contributed by atoms with Crippen LogP contribution in [0.5, 0.6) is 11.5 Å². The molecule has 1 unspecified atom stereocenters. The summed E-state index contributed by atoms with van der Waals surface area (Å²) >= 11 is 0. The summed E-state index contributed by atoms with van der Waals surface area (Å²) in [5.74, 6) is -1.25. The minimum absolute atomic E-state index is 0.000568. The number of para-hydroxylation sites is 1. The van der Waals surface area contributed by atoms with Crippen LogP contribution in [0.3, 0.4) is 0 Å². The van der Waals surface area contributed by atoms with Crippen molar-refractivity contribution in [2.45, 2.75) is 25.9 Å². The summed E-state index contributed by atoms with van der Waals surface area (Å²) in [4.78, 5) is 24.2. The number of hydrogen-bond donors (Lipinski definition) is 2. The Balaban J connectivity index is 2.08. The molecule has 0 spiro atoms.